The Morgan fingerprint density at radius 1 is 0.865 bits per heavy atom. The summed E-state index contributed by atoms with van der Waals surface area (Å²) in [5, 5.41) is 8.90. The van der Waals surface area contributed by atoms with E-state index in [0.717, 1.165) is 31.5 Å². The molecule has 3 amide bonds. The largest absolute Gasteiger partial charge is 0.376 e. The fraction of sp³-hybridized carbons (Fsp3) is 0.300. The molecule has 1 heterocycles. The highest BCUT2D eigenvalue weighted by molar-refractivity contribution is 5.98. The maximum atomic E-state index is 12.9. The molecule has 3 aromatic rings. The van der Waals surface area contributed by atoms with Crippen molar-refractivity contribution in [3.63, 3.8) is 0 Å². The van der Waals surface area contributed by atoms with Crippen LogP contribution in [0.25, 0.3) is 0 Å². The molecule has 1 fully saturated rings. The number of anilines is 2. The van der Waals surface area contributed by atoms with Crippen molar-refractivity contribution in [3.8, 4) is 0 Å². The van der Waals surface area contributed by atoms with Crippen molar-refractivity contribution in [2.75, 3.05) is 30.3 Å². The summed E-state index contributed by atoms with van der Waals surface area (Å²) in [5.74, 6) is 0.215. The highest BCUT2D eigenvalue weighted by Crippen LogP contribution is 2.20. The molecule has 0 saturated carbocycles. The Morgan fingerprint density at radius 3 is 2.24 bits per heavy atom. The summed E-state index contributed by atoms with van der Waals surface area (Å²) in [4.78, 5) is 40.1. The van der Waals surface area contributed by atoms with E-state index in [1.807, 2.05) is 54.3 Å². The Balaban J connectivity index is 1.30. The summed E-state index contributed by atoms with van der Waals surface area (Å²) >= 11 is 0. The molecule has 1 aliphatic heterocycles. The first-order valence-electron chi connectivity index (χ1n) is 12.8. The van der Waals surface area contributed by atoms with Gasteiger partial charge < -0.3 is 20.9 Å². The lowest BCUT2D eigenvalue weighted by Gasteiger charge is -2.30. The van der Waals surface area contributed by atoms with E-state index in [1.165, 1.54) is 0 Å². The molecule has 1 atom stereocenters. The minimum absolute atomic E-state index is 0.0247. The Morgan fingerprint density at radius 2 is 1.51 bits per heavy atom. The van der Waals surface area contributed by atoms with Crippen molar-refractivity contribution in [1.82, 2.24) is 10.2 Å². The van der Waals surface area contributed by atoms with Crippen LogP contribution < -0.4 is 16.0 Å². The van der Waals surface area contributed by atoms with Crippen LogP contribution in [0.2, 0.25) is 0 Å². The van der Waals surface area contributed by atoms with E-state index in [1.54, 1.807) is 36.4 Å². The molecule has 0 aromatic heterocycles. The number of hydrogen-bond donors (Lipinski definition) is 3. The number of carbonyl (C=O) groups is 3. The van der Waals surface area contributed by atoms with Crippen LogP contribution in [0, 0.1) is 5.92 Å². The third-order valence-electron chi connectivity index (χ3n) is 6.69. The summed E-state index contributed by atoms with van der Waals surface area (Å²) in [6.45, 7) is 5.74. The number of likely N-dealkylation sites (tertiary alicyclic amines) is 1. The molecule has 0 aliphatic carbocycles. The van der Waals surface area contributed by atoms with Crippen LogP contribution in [-0.2, 0) is 4.79 Å². The van der Waals surface area contributed by atoms with Gasteiger partial charge in [-0.3, -0.25) is 14.4 Å². The average molecular weight is 499 g/mol. The Labute approximate surface area is 218 Å². The van der Waals surface area contributed by atoms with Crippen LogP contribution in [0.3, 0.4) is 0 Å². The number of carbonyl (C=O) groups excluding carboxylic acids is 3. The minimum atomic E-state index is -0.253. The standard InChI is InChI=1S/C30H34N4O3/c1-21-14-16-34(17-15-21)30(37)25-11-7-12-26(19-25)31-20-28(35)33-27-13-6-10-24(18-27)29(36)32-22(2)23-8-4-3-5-9-23/h3-13,18-19,21-22,31H,14-17,20H2,1-2H3,(H,32,36)(H,33,35). The molecule has 37 heavy (non-hydrogen) atoms. The van der Waals surface area contributed by atoms with E-state index >= 15 is 0 Å². The van der Waals surface area contributed by atoms with Gasteiger partial charge in [-0.2, -0.15) is 0 Å². The quantitative estimate of drug-likeness (QED) is 0.403. The van der Waals surface area contributed by atoms with Crippen molar-refractivity contribution < 1.29 is 14.4 Å². The lowest BCUT2D eigenvalue weighted by molar-refractivity contribution is -0.114. The van der Waals surface area contributed by atoms with Crippen molar-refractivity contribution in [2.45, 2.75) is 32.7 Å². The van der Waals surface area contributed by atoms with Gasteiger partial charge in [0.2, 0.25) is 5.91 Å². The van der Waals surface area contributed by atoms with Gasteiger partial charge in [-0.1, -0.05) is 49.4 Å². The van der Waals surface area contributed by atoms with Gasteiger partial charge in [0.25, 0.3) is 11.8 Å². The summed E-state index contributed by atoms with van der Waals surface area (Å²) in [5.41, 5.74) is 3.34. The van der Waals surface area contributed by atoms with Gasteiger partial charge in [-0.15, -0.1) is 0 Å². The maximum Gasteiger partial charge on any atom is 0.253 e. The maximum absolute atomic E-state index is 12.9. The summed E-state index contributed by atoms with van der Waals surface area (Å²) < 4.78 is 0. The summed E-state index contributed by atoms with van der Waals surface area (Å²) in [7, 11) is 0. The topological polar surface area (TPSA) is 90.5 Å². The second-order valence-corrected chi connectivity index (χ2v) is 9.64. The van der Waals surface area contributed by atoms with E-state index in [2.05, 4.69) is 22.9 Å². The first-order valence-corrected chi connectivity index (χ1v) is 12.8. The van der Waals surface area contributed by atoms with E-state index in [4.69, 9.17) is 0 Å². The van der Waals surface area contributed by atoms with Crippen LogP contribution in [0.1, 0.15) is 59.0 Å². The molecule has 192 valence electrons. The van der Waals surface area contributed by atoms with E-state index in [9.17, 15) is 14.4 Å². The van der Waals surface area contributed by atoms with Crippen molar-refractivity contribution in [1.29, 1.82) is 0 Å². The van der Waals surface area contributed by atoms with Crippen LogP contribution in [0.5, 0.6) is 0 Å². The van der Waals surface area contributed by atoms with E-state index in [0.29, 0.717) is 28.4 Å². The molecule has 1 unspecified atom stereocenters. The highest BCUT2D eigenvalue weighted by Gasteiger charge is 2.21. The number of nitrogens with one attached hydrogen (secondary N) is 3. The van der Waals surface area contributed by atoms with Crippen molar-refractivity contribution in [2.24, 2.45) is 5.92 Å². The third kappa shape index (κ3) is 7.19. The number of benzene rings is 3. The second kappa shape index (κ2) is 12.2. The van der Waals surface area contributed by atoms with E-state index < -0.39 is 0 Å². The summed E-state index contributed by atoms with van der Waals surface area (Å²) in [6.07, 6.45) is 2.05. The van der Waals surface area contributed by atoms with Crippen LogP contribution in [-0.4, -0.2) is 42.3 Å². The Bertz CT molecular complexity index is 1240. The fourth-order valence-electron chi connectivity index (χ4n) is 4.39. The molecule has 4 rings (SSSR count). The molecular weight excluding hydrogens is 464 g/mol. The molecular formula is C30H34N4O3. The van der Waals surface area contributed by atoms with Crippen molar-refractivity contribution >= 4 is 29.1 Å². The monoisotopic (exact) mass is 498 g/mol. The molecule has 7 heteroatoms. The second-order valence-electron chi connectivity index (χ2n) is 9.64. The zero-order chi connectivity index (χ0) is 26.2. The first-order chi connectivity index (χ1) is 17.9. The third-order valence-corrected chi connectivity index (χ3v) is 6.69. The van der Waals surface area contributed by atoms with Gasteiger partial charge in [0.05, 0.1) is 12.6 Å². The van der Waals surface area contributed by atoms with Crippen LogP contribution in [0.15, 0.2) is 78.9 Å². The number of nitrogens with zero attached hydrogens (tertiary/aromatic N) is 1. The van der Waals surface area contributed by atoms with Gasteiger partial charge >= 0.3 is 0 Å². The zero-order valence-corrected chi connectivity index (χ0v) is 21.4. The molecule has 1 aliphatic rings. The van der Waals surface area contributed by atoms with Gasteiger partial charge in [-0.25, -0.2) is 0 Å². The molecule has 3 N–H and O–H groups in total. The van der Waals surface area contributed by atoms with Crippen LogP contribution >= 0.6 is 0 Å². The molecule has 0 radical (unpaired) electrons. The molecule has 1 saturated heterocycles. The molecule has 0 bridgehead atoms. The Kier molecular flexibility index (Phi) is 8.56. The van der Waals surface area contributed by atoms with Gasteiger partial charge in [0.15, 0.2) is 0 Å². The Hall–Kier alpha value is -4.13. The normalized spacial score (nSPS) is 14.5. The van der Waals surface area contributed by atoms with Gasteiger partial charge in [-0.05, 0) is 67.6 Å². The average Bonchev–Trinajstić information content (AvgIpc) is 2.92. The first kappa shape index (κ1) is 25.9. The lowest BCUT2D eigenvalue weighted by atomic mass is 9.98. The molecule has 0 spiro atoms. The predicted molar refractivity (Wildman–Crippen MR) is 147 cm³/mol. The van der Waals surface area contributed by atoms with E-state index in [-0.39, 0.29) is 30.3 Å². The number of hydrogen-bond acceptors (Lipinski definition) is 4. The predicted octanol–water partition coefficient (Wildman–Crippen LogP) is 5.10. The number of rotatable bonds is 8. The minimum Gasteiger partial charge on any atom is -0.376 e. The smallest absolute Gasteiger partial charge is 0.253 e. The van der Waals surface area contributed by atoms with Crippen molar-refractivity contribution in [3.05, 3.63) is 95.6 Å². The SMILES string of the molecule is CC1CCN(C(=O)c2cccc(NCC(=O)Nc3cccc(C(=O)NC(C)c4ccccc4)c3)c2)CC1. The molecule has 3 aromatic carbocycles. The number of piperidine rings is 1. The number of amides is 3. The van der Waals surface area contributed by atoms with Crippen LogP contribution in [0.4, 0.5) is 11.4 Å². The van der Waals surface area contributed by atoms with Gasteiger partial charge in [0.1, 0.15) is 0 Å². The lowest BCUT2D eigenvalue weighted by Crippen LogP contribution is -2.37. The highest BCUT2D eigenvalue weighted by atomic mass is 16.2. The van der Waals surface area contributed by atoms with Gasteiger partial charge in [0, 0.05) is 35.6 Å². The fourth-order valence-corrected chi connectivity index (χ4v) is 4.39. The molecule has 7 nitrogen and oxygen atoms in total. The summed E-state index contributed by atoms with van der Waals surface area (Å²) in [6, 6.07) is 23.7. The zero-order valence-electron chi connectivity index (χ0n) is 21.4.